The average molecular weight is 419 g/mol. The molecule has 0 aromatic heterocycles. The van der Waals surface area contributed by atoms with Gasteiger partial charge in [0.15, 0.2) is 0 Å². The van der Waals surface area contributed by atoms with Gasteiger partial charge in [0, 0.05) is 17.8 Å². The van der Waals surface area contributed by atoms with Gasteiger partial charge in [0.05, 0.1) is 11.4 Å². The second-order valence-corrected chi connectivity index (χ2v) is 10.0. The van der Waals surface area contributed by atoms with Crippen LogP contribution in [0.5, 0.6) is 0 Å². The Hall–Kier alpha value is -2.22. The maximum absolute atomic E-state index is 5.04. The van der Waals surface area contributed by atoms with Gasteiger partial charge in [-0.3, -0.25) is 9.98 Å². The van der Waals surface area contributed by atoms with Gasteiger partial charge in [-0.25, -0.2) is 0 Å². The molecule has 0 radical (unpaired) electrons. The van der Waals surface area contributed by atoms with E-state index in [9.17, 15) is 0 Å². The summed E-state index contributed by atoms with van der Waals surface area (Å²) < 4.78 is 0. The molecule has 0 aliphatic carbocycles. The predicted octanol–water partition coefficient (Wildman–Crippen LogP) is 9.46. The van der Waals surface area contributed by atoms with Crippen LogP contribution in [-0.2, 0) is 0 Å². The fourth-order valence-electron chi connectivity index (χ4n) is 4.46. The normalized spacial score (nSPS) is 13.2. The molecule has 0 unspecified atom stereocenters. The van der Waals surface area contributed by atoms with Crippen LogP contribution in [0.2, 0.25) is 0 Å². The summed E-state index contributed by atoms with van der Waals surface area (Å²) in [7, 11) is 0. The summed E-state index contributed by atoms with van der Waals surface area (Å²) in [5.74, 6) is 1.90. The van der Waals surface area contributed by atoms with Crippen LogP contribution >= 0.6 is 0 Å². The first-order chi connectivity index (χ1) is 14.5. The highest BCUT2D eigenvalue weighted by Crippen LogP contribution is 2.36. The van der Waals surface area contributed by atoms with Gasteiger partial charge >= 0.3 is 0 Å². The Kier molecular flexibility index (Phi) is 8.79. The van der Waals surface area contributed by atoms with Crippen molar-refractivity contribution in [3.63, 3.8) is 0 Å². The Balaban J connectivity index is 2.39. The first-order valence-corrected chi connectivity index (χ1v) is 11.9. The van der Waals surface area contributed by atoms with Crippen molar-refractivity contribution in [2.24, 2.45) is 9.98 Å². The number of benzene rings is 2. The van der Waals surface area contributed by atoms with Gasteiger partial charge in [0.2, 0.25) is 0 Å². The van der Waals surface area contributed by atoms with Gasteiger partial charge in [-0.2, -0.15) is 0 Å². The summed E-state index contributed by atoms with van der Waals surface area (Å²) in [4.78, 5) is 10.1. The fraction of sp³-hybridized carbons (Fsp3) is 0.517. The minimum Gasteiger partial charge on any atom is -0.257 e. The standard InChI is InChI=1S/C29H42N2/c1-18(2)24-13-11-15-26(28(24)20(5)6)30-22(9)17-23(10)31-27-16-12-14-25(19(3)4)29(27)21(7)8/h11-16,18-21H,17H2,1-10H3. The summed E-state index contributed by atoms with van der Waals surface area (Å²) in [5, 5.41) is 0. The molecule has 0 heterocycles. The summed E-state index contributed by atoms with van der Waals surface area (Å²) in [6, 6.07) is 13.1. The number of hydrogen-bond acceptors (Lipinski definition) is 2. The van der Waals surface area contributed by atoms with Crippen molar-refractivity contribution in [3.05, 3.63) is 58.7 Å². The first-order valence-electron chi connectivity index (χ1n) is 11.9. The van der Waals surface area contributed by atoms with Crippen LogP contribution in [0.4, 0.5) is 11.4 Å². The van der Waals surface area contributed by atoms with Crippen molar-refractivity contribution in [2.75, 3.05) is 0 Å². The Morgan fingerprint density at radius 1 is 0.581 bits per heavy atom. The van der Waals surface area contributed by atoms with Gasteiger partial charge < -0.3 is 0 Å². The van der Waals surface area contributed by atoms with E-state index in [-0.39, 0.29) is 0 Å². The van der Waals surface area contributed by atoms with Crippen LogP contribution in [0.15, 0.2) is 46.4 Å². The molecule has 0 atom stereocenters. The lowest BCUT2D eigenvalue weighted by molar-refractivity contribution is 0.790. The van der Waals surface area contributed by atoms with E-state index >= 15 is 0 Å². The van der Waals surface area contributed by atoms with Gasteiger partial charge in [-0.05, 0) is 71.9 Å². The van der Waals surface area contributed by atoms with E-state index in [1.165, 1.54) is 22.3 Å². The highest BCUT2D eigenvalue weighted by atomic mass is 14.8. The minimum atomic E-state index is 0.451. The zero-order valence-electron chi connectivity index (χ0n) is 21.4. The molecule has 2 aromatic carbocycles. The molecule has 0 fully saturated rings. The predicted molar refractivity (Wildman–Crippen MR) is 139 cm³/mol. The monoisotopic (exact) mass is 418 g/mol. The summed E-state index contributed by atoms with van der Waals surface area (Å²) in [6.45, 7) is 22.3. The van der Waals surface area contributed by atoms with E-state index < -0.39 is 0 Å². The molecule has 0 saturated carbocycles. The van der Waals surface area contributed by atoms with Crippen LogP contribution in [0, 0.1) is 0 Å². The third kappa shape index (κ3) is 6.38. The van der Waals surface area contributed by atoms with Crippen LogP contribution in [0.1, 0.15) is 122 Å². The Labute approximate surface area is 190 Å². The largest absolute Gasteiger partial charge is 0.257 e. The lowest BCUT2D eigenvalue weighted by Gasteiger charge is -2.19. The zero-order chi connectivity index (χ0) is 23.3. The van der Waals surface area contributed by atoms with Crippen molar-refractivity contribution < 1.29 is 0 Å². The van der Waals surface area contributed by atoms with Gasteiger partial charge in [0.1, 0.15) is 0 Å². The summed E-state index contributed by atoms with van der Waals surface area (Å²) >= 11 is 0. The number of aliphatic imine (C=N–C) groups is 2. The van der Waals surface area contributed by atoms with E-state index in [1.54, 1.807) is 0 Å². The quantitative estimate of drug-likeness (QED) is 0.381. The lowest BCUT2D eigenvalue weighted by Crippen LogP contribution is -2.04. The third-order valence-electron chi connectivity index (χ3n) is 5.77. The molecule has 0 bridgehead atoms. The molecule has 0 aliphatic rings. The second kappa shape index (κ2) is 10.9. The maximum Gasteiger partial charge on any atom is 0.0666 e. The average Bonchev–Trinajstić information content (AvgIpc) is 2.66. The Morgan fingerprint density at radius 2 is 0.935 bits per heavy atom. The van der Waals surface area contributed by atoms with E-state index in [0.29, 0.717) is 23.7 Å². The highest BCUT2D eigenvalue weighted by molar-refractivity contribution is 6.04. The van der Waals surface area contributed by atoms with Gasteiger partial charge in [-0.1, -0.05) is 79.7 Å². The van der Waals surface area contributed by atoms with Gasteiger partial charge in [0.25, 0.3) is 0 Å². The van der Waals surface area contributed by atoms with E-state index in [2.05, 4.69) is 106 Å². The van der Waals surface area contributed by atoms with Crippen molar-refractivity contribution in [1.29, 1.82) is 0 Å². The molecule has 0 aliphatic heterocycles. The van der Waals surface area contributed by atoms with Crippen LogP contribution < -0.4 is 0 Å². The molecule has 0 N–H and O–H groups in total. The lowest BCUT2D eigenvalue weighted by atomic mass is 9.89. The summed E-state index contributed by atoms with van der Waals surface area (Å²) in [6.07, 6.45) is 0.785. The molecular formula is C29H42N2. The number of nitrogens with zero attached hydrogens (tertiary/aromatic N) is 2. The second-order valence-electron chi connectivity index (χ2n) is 10.0. The zero-order valence-corrected chi connectivity index (χ0v) is 21.4. The van der Waals surface area contributed by atoms with Crippen LogP contribution in [-0.4, -0.2) is 11.4 Å². The molecule has 2 nitrogen and oxygen atoms in total. The molecule has 2 heteroatoms. The van der Waals surface area contributed by atoms with Crippen LogP contribution in [0.25, 0.3) is 0 Å². The molecule has 31 heavy (non-hydrogen) atoms. The maximum atomic E-state index is 5.04. The topological polar surface area (TPSA) is 24.7 Å². The van der Waals surface area contributed by atoms with E-state index in [0.717, 1.165) is 29.2 Å². The first kappa shape index (κ1) is 25.0. The molecule has 0 saturated heterocycles. The molecule has 2 rings (SSSR count). The molecule has 2 aromatic rings. The number of hydrogen-bond donors (Lipinski definition) is 0. The fourth-order valence-corrected chi connectivity index (χ4v) is 4.46. The molecule has 0 amide bonds. The highest BCUT2D eigenvalue weighted by Gasteiger charge is 2.16. The summed E-state index contributed by atoms with van der Waals surface area (Å²) in [5.41, 5.74) is 9.98. The Morgan fingerprint density at radius 3 is 1.23 bits per heavy atom. The van der Waals surface area contributed by atoms with Crippen molar-refractivity contribution in [1.82, 2.24) is 0 Å². The minimum absolute atomic E-state index is 0.451. The van der Waals surface area contributed by atoms with Gasteiger partial charge in [-0.15, -0.1) is 0 Å². The third-order valence-corrected chi connectivity index (χ3v) is 5.77. The number of rotatable bonds is 8. The van der Waals surface area contributed by atoms with Crippen molar-refractivity contribution in [3.8, 4) is 0 Å². The smallest absolute Gasteiger partial charge is 0.0666 e. The molecule has 0 spiro atoms. The van der Waals surface area contributed by atoms with Crippen LogP contribution in [0.3, 0.4) is 0 Å². The Bertz CT molecular complexity index is 866. The molecular weight excluding hydrogens is 376 g/mol. The van der Waals surface area contributed by atoms with Crippen molar-refractivity contribution >= 4 is 22.8 Å². The van der Waals surface area contributed by atoms with E-state index in [1.807, 2.05) is 0 Å². The SMILES string of the molecule is CC(CC(C)=Nc1cccc(C(C)C)c1C(C)C)=Nc1cccc(C(C)C)c1C(C)C. The molecule has 168 valence electrons. The van der Waals surface area contributed by atoms with Crippen molar-refractivity contribution in [2.45, 2.75) is 99.3 Å². The van der Waals surface area contributed by atoms with E-state index in [4.69, 9.17) is 9.98 Å².